The largest absolute Gasteiger partial charge is 0.573 e. The molecule has 2 amide bonds. The number of carbonyl (C=O) groups excluding carboxylic acids is 2. The first kappa shape index (κ1) is 27.6. The van der Waals surface area contributed by atoms with Crippen LogP contribution in [0, 0.1) is 0 Å². The fraction of sp³-hybridized carbons (Fsp3) is 0.167. The number of aromatic amines is 1. The van der Waals surface area contributed by atoms with E-state index in [2.05, 4.69) is 30.6 Å². The van der Waals surface area contributed by atoms with E-state index in [0.29, 0.717) is 27.6 Å². The van der Waals surface area contributed by atoms with Crippen LogP contribution >= 0.6 is 0 Å². The summed E-state index contributed by atoms with van der Waals surface area (Å²) in [5.41, 5.74) is 2.09. The van der Waals surface area contributed by atoms with Gasteiger partial charge in [-0.2, -0.15) is 5.10 Å². The molecule has 0 aliphatic heterocycles. The summed E-state index contributed by atoms with van der Waals surface area (Å²) in [6.07, 6.45) is -3.46. The standard InChI is InChI=1S/C24H17B3F3N5O4/c1-31-21(37)19-16-6-5-13(9-18(16)34-35-19)14-8-17(22(33-11-14)39-23(25,26)27)20(36)32-10-12-3-2-4-15(7-12)38-24(28,29)30/h2-9,11H,10H2,1H3,(H,31,37)(H,32,36)(H,34,35). The number of halogens is 3. The molecule has 2 aromatic carbocycles. The zero-order valence-electron chi connectivity index (χ0n) is 20.3. The first-order valence-electron chi connectivity index (χ1n) is 11.2. The van der Waals surface area contributed by atoms with Gasteiger partial charge in [0, 0.05) is 30.7 Å². The lowest BCUT2D eigenvalue weighted by Gasteiger charge is -2.24. The van der Waals surface area contributed by atoms with Crippen molar-refractivity contribution >= 4 is 46.3 Å². The second-order valence-corrected chi connectivity index (χ2v) is 8.32. The highest BCUT2D eigenvalue weighted by molar-refractivity contribution is 6.58. The van der Waals surface area contributed by atoms with Gasteiger partial charge in [0.15, 0.2) is 5.69 Å². The molecule has 2 heterocycles. The molecule has 0 atom stereocenters. The third kappa shape index (κ3) is 6.92. The van der Waals surface area contributed by atoms with Crippen LogP contribution in [0.15, 0.2) is 54.7 Å². The van der Waals surface area contributed by atoms with E-state index in [9.17, 15) is 22.8 Å². The molecule has 4 aromatic rings. The third-order valence-corrected chi connectivity index (χ3v) is 5.29. The zero-order valence-corrected chi connectivity index (χ0v) is 20.3. The minimum atomic E-state index is -4.86. The van der Waals surface area contributed by atoms with Crippen molar-refractivity contribution in [2.75, 3.05) is 7.05 Å². The Morgan fingerprint density at radius 1 is 1.00 bits per heavy atom. The van der Waals surface area contributed by atoms with Crippen molar-refractivity contribution in [1.82, 2.24) is 25.8 Å². The van der Waals surface area contributed by atoms with E-state index in [1.807, 2.05) is 0 Å². The van der Waals surface area contributed by atoms with Crippen molar-refractivity contribution in [1.29, 1.82) is 0 Å². The van der Waals surface area contributed by atoms with Crippen LogP contribution in [0.25, 0.3) is 22.0 Å². The van der Waals surface area contributed by atoms with E-state index in [0.717, 1.165) is 12.1 Å². The van der Waals surface area contributed by atoms with Gasteiger partial charge >= 0.3 is 6.36 Å². The molecule has 6 radical (unpaired) electrons. The Kier molecular flexibility index (Phi) is 7.61. The Morgan fingerprint density at radius 3 is 2.46 bits per heavy atom. The van der Waals surface area contributed by atoms with Crippen molar-refractivity contribution in [2.24, 2.45) is 0 Å². The summed E-state index contributed by atoms with van der Waals surface area (Å²) in [5, 5.41) is 10.3. The van der Waals surface area contributed by atoms with Crippen molar-refractivity contribution < 1.29 is 32.2 Å². The average Bonchev–Trinajstić information content (AvgIpc) is 3.29. The maximum absolute atomic E-state index is 13.1. The Labute approximate surface area is 224 Å². The monoisotopic (exact) mass is 529 g/mol. The van der Waals surface area contributed by atoms with Crippen molar-refractivity contribution in [3.63, 3.8) is 0 Å². The van der Waals surface area contributed by atoms with Crippen LogP contribution in [0.4, 0.5) is 13.2 Å². The van der Waals surface area contributed by atoms with E-state index < -0.39 is 23.3 Å². The summed E-state index contributed by atoms with van der Waals surface area (Å²) in [7, 11) is 18.1. The van der Waals surface area contributed by atoms with E-state index >= 15 is 0 Å². The highest BCUT2D eigenvalue weighted by Gasteiger charge is 2.31. The average molecular weight is 529 g/mol. The number of nitrogens with one attached hydrogen (secondary N) is 3. The second kappa shape index (κ2) is 10.8. The number of hydrogen-bond acceptors (Lipinski definition) is 6. The lowest BCUT2D eigenvalue weighted by molar-refractivity contribution is -0.274. The predicted octanol–water partition coefficient (Wildman–Crippen LogP) is 2.31. The van der Waals surface area contributed by atoms with Gasteiger partial charge in [-0.05, 0) is 46.8 Å². The summed E-state index contributed by atoms with van der Waals surface area (Å²) in [6.45, 7) is -0.154. The zero-order chi connectivity index (χ0) is 28.4. The molecule has 0 aliphatic rings. The Balaban J connectivity index is 1.62. The molecule has 0 spiro atoms. The van der Waals surface area contributed by atoms with Crippen LogP contribution < -0.4 is 20.1 Å². The smallest absolute Gasteiger partial charge is 0.500 e. The molecular weight excluding hydrogens is 512 g/mol. The molecule has 39 heavy (non-hydrogen) atoms. The van der Waals surface area contributed by atoms with Crippen molar-refractivity contribution in [2.45, 2.75) is 18.2 Å². The fourth-order valence-corrected chi connectivity index (χ4v) is 3.64. The molecule has 0 fully saturated rings. The molecule has 0 saturated carbocycles. The predicted molar refractivity (Wildman–Crippen MR) is 138 cm³/mol. The number of benzene rings is 2. The molecule has 9 nitrogen and oxygen atoms in total. The normalized spacial score (nSPS) is 11.7. The molecule has 15 heteroatoms. The highest BCUT2D eigenvalue weighted by Crippen LogP contribution is 2.29. The van der Waals surface area contributed by atoms with Gasteiger partial charge in [0.1, 0.15) is 34.9 Å². The summed E-state index contributed by atoms with van der Waals surface area (Å²) in [4.78, 5) is 29.3. The van der Waals surface area contributed by atoms with Crippen LogP contribution in [-0.4, -0.2) is 69.2 Å². The number of hydrogen-bond donors (Lipinski definition) is 3. The van der Waals surface area contributed by atoms with E-state index in [1.165, 1.54) is 31.4 Å². The fourth-order valence-electron chi connectivity index (χ4n) is 3.64. The number of carbonyl (C=O) groups is 2. The minimum Gasteiger partial charge on any atom is -0.500 e. The van der Waals surface area contributed by atoms with Gasteiger partial charge in [0.05, 0.1) is 5.52 Å². The number of alkyl halides is 3. The highest BCUT2D eigenvalue weighted by atomic mass is 19.4. The number of H-pyrrole nitrogens is 1. The van der Waals surface area contributed by atoms with Gasteiger partial charge in [-0.3, -0.25) is 14.7 Å². The summed E-state index contributed by atoms with van der Waals surface area (Å²) in [5.74, 6) is -1.77. The summed E-state index contributed by atoms with van der Waals surface area (Å²) in [6, 6.07) is 11.7. The number of rotatable bonds is 8. The third-order valence-electron chi connectivity index (χ3n) is 5.29. The number of fused-ring (bicyclic) bond motifs is 1. The lowest BCUT2D eigenvalue weighted by atomic mass is 9.52. The van der Waals surface area contributed by atoms with Gasteiger partial charge in [-0.15, -0.1) is 13.2 Å². The number of nitrogens with zero attached hydrogens (tertiary/aromatic N) is 2. The van der Waals surface area contributed by atoms with Gasteiger partial charge in [0.2, 0.25) is 5.88 Å². The second-order valence-electron chi connectivity index (χ2n) is 8.32. The Bertz CT molecular complexity index is 1540. The van der Waals surface area contributed by atoms with E-state index in [1.54, 1.807) is 18.2 Å². The van der Waals surface area contributed by atoms with Crippen LogP contribution in [0.5, 0.6) is 11.6 Å². The molecular formula is C24H17B3F3N5O4. The summed E-state index contributed by atoms with van der Waals surface area (Å²) >= 11 is 0. The number of pyridine rings is 1. The molecule has 0 saturated heterocycles. The topological polar surface area (TPSA) is 118 Å². The van der Waals surface area contributed by atoms with Crippen LogP contribution in [0.2, 0.25) is 0 Å². The maximum Gasteiger partial charge on any atom is 0.573 e. The van der Waals surface area contributed by atoms with Crippen molar-refractivity contribution in [3.05, 3.63) is 71.5 Å². The molecule has 0 bridgehead atoms. The van der Waals surface area contributed by atoms with Gasteiger partial charge < -0.3 is 20.1 Å². The molecule has 192 valence electrons. The van der Waals surface area contributed by atoms with Gasteiger partial charge in [-0.25, -0.2) is 4.98 Å². The van der Waals surface area contributed by atoms with Crippen LogP contribution in [0.3, 0.4) is 0 Å². The Hall–Kier alpha value is -4.42. The van der Waals surface area contributed by atoms with E-state index in [4.69, 9.17) is 28.3 Å². The molecule has 2 aromatic heterocycles. The minimum absolute atomic E-state index is 0.100. The SMILES string of the molecule is [B]C([B])([B])Oc1ncc(-c2ccc3c(C(=O)NC)n[nH]c3c2)cc1C(=O)NCc1cccc(OC(F)(F)F)c1. The molecule has 4 rings (SSSR count). The van der Waals surface area contributed by atoms with Crippen molar-refractivity contribution in [3.8, 4) is 22.8 Å². The van der Waals surface area contributed by atoms with Gasteiger partial charge in [-0.1, -0.05) is 18.2 Å². The number of ether oxygens (including phenoxy) is 2. The molecule has 3 N–H and O–H groups in total. The number of aromatic nitrogens is 3. The molecule has 0 aliphatic carbocycles. The first-order valence-corrected chi connectivity index (χ1v) is 11.2. The lowest BCUT2D eigenvalue weighted by Crippen LogP contribution is -2.38. The maximum atomic E-state index is 13.1. The quantitative estimate of drug-likeness (QED) is 0.302. The van der Waals surface area contributed by atoms with Crippen LogP contribution in [0.1, 0.15) is 26.4 Å². The van der Waals surface area contributed by atoms with E-state index in [-0.39, 0.29) is 29.6 Å². The first-order chi connectivity index (χ1) is 18.3. The van der Waals surface area contributed by atoms with Gasteiger partial charge in [0.25, 0.3) is 11.8 Å². The Morgan fingerprint density at radius 2 is 1.77 bits per heavy atom. The number of amides is 2. The van der Waals surface area contributed by atoms with Crippen LogP contribution in [-0.2, 0) is 6.54 Å². The summed E-state index contributed by atoms with van der Waals surface area (Å²) < 4.78 is 46.8. The molecule has 0 unspecified atom stereocenters.